The van der Waals surface area contributed by atoms with Crippen molar-refractivity contribution in [1.29, 1.82) is 0 Å². The maximum atomic E-state index is 12.8. The number of hydrogen-bond donors (Lipinski definition) is 4. The molecule has 0 bridgehead atoms. The summed E-state index contributed by atoms with van der Waals surface area (Å²) in [5.41, 5.74) is 2.21. The van der Waals surface area contributed by atoms with Crippen molar-refractivity contribution in [3.8, 4) is 0 Å². The van der Waals surface area contributed by atoms with Gasteiger partial charge in [-0.1, -0.05) is 12.1 Å². The number of para-hydroxylation sites is 2. The van der Waals surface area contributed by atoms with E-state index in [9.17, 15) is 9.90 Å². The van der Waals surface area contributed by atoms with Crippen LogP contribution in [0.5, 0.6) is 0 Å². The van der Waals surface area contributed by atoms with Gasteiger partial charge in [0.15, 0.2) is 5.13 Å². The molecule has 4 rings (SSSR count). The van der Waals surface area contributed by atoms with Crippen molar-refractivity contribution in [2.45, 2.75) is 31.8 Å². The number of thiazole rings is 1. The fourth-order valence-corrected chi connectivity index (χ4v) is 4.63. The lowest BCUT2D eigenvalue weighted by Crippen LogP contribution is -2.36. The van der Waals surface area contributed by atoms with Gasteiger partial charge < -0.3 is 26.0 Å². The van der Waals surface area contributed by atoms with Crippen LogP contribution in [0, 0.1) is 5.92 Å². The third-order valence-electron chi connectivity index (χ3n) is 5.69. The lowest BCUT2D eigenvalue weighted by Gasteiger charge is -2.32. The highest BCUT2D eigenvalue weighted by Crippen LogP contribution is 2.29. The summed E-state index contributed by atoms with van der Waals surface area (Å²) in [7, 11) is 0. The third kappa shape index (κ3) is 5.26. The van der Waals surface area contributed by atoms with E-state index in [0.717, 1.165) is 62.1 Å². The number of rotatable bonds is 6. The second-order valence-corrected chi connectivity index (χ2v) is 8.66. The molecule has 2 saturated heterocycles. The number of nitrogens with zero attached hydrogens (tertiary/aromatic N) is 2. The van der Waals surface area contributed by atoms with E-state index in [0.29, 0.717) is 11.6 Å². The number of aliphatic hydroxyl groups is 1. The quantitative estimate of drug-likeness (QED) is 0.580. The number of nitrogens with one attached hydrogen (secondary N) is 3. The molecule has 156 valence electrons. The zero-order valence-corrected chi connectivity index (χ0v) is 17.4. The predicted molar refractivity (Wildman–Crippen MR) is 118 cm³/mol. The Balaban J connectivity index is 1.36. The molecule has 8 heteroatoms. The maximum absolute atomic E-state index is 12.8. The number of aliphatic hydroxyl groups excluding tert-OH is 1. The fraction of sp³-hybridized carbons (Fsp3) is 0.524. The van der Waals surface area contributed by atoms with Crippen LogP contribution in [0.3, 0.4) is 0 Å². The number of benzene rings is 1. The van der Waals surface area contributed by atoms with Gasteiger partial charge in [0.05, 0.1) is 17.5 Å². The average molecular weight is 416 g/mol. The highest BCUT2D eigenvalue weighted by molar-refractivity contribution is 7.13. The minimum Gasteiger partial charge on any atom is -0.393 e. The van der Waals surface area contributed by atoms with Crippen molar-refractivity contribution in [3.63, 3.8) is 0 Å². The molecule has 3 heterocycles. The van der Waals surface area contributed by atoms with Crippen molar-refractivity contribution >= 4 is 33.8 Å². The number of anilines is 3. The average Bonchev–Trinajstić information content (AvgIpc) is 3.23. The van der Waals surface area contributed by atoms with E-state index in [4.69, 9.17) is 0 Å². The molecular weight excluding hydrogens is 386 g/mol. The lowest BCUT2D eigenvalue weighted by atomic mass is 9.98. The molecule has 0 atom stereocenters. The first kappa shape index (κ1) is 20.1. The highest BCUT2D eigenvalue weighted by Gasteiger charge is 2.21. The molecule has 2 aromatic rings. The van der Waals surface area contributed by atoms with E-state index in [1.807, 2.05) is 24.3 Å². The second kappa shape index (κ2) is 9.56. The van der Waals surface area contributed by atoms with E-state index in [-0.39, 0.29) is 12.0 Å². The SMILES string of the molecule is O=C(Nc1ccccc1N1CCC(O)CC1)c1csc(NCC2CCNCC2)n1. The Bertz CT molecular complexity index is 813. The van der Waals surface area contributed by atoms with Crippen LogP contribution in [0.15, 0.2) is 29.6 Å². The van der Waals surface area contributed by atoms with Gasteiger partial charge in [-0.15, -0.1) is 11.3 Å². The lowest BCUT2D eigenvalue weighted by molar-refractivity contribution is 0.102. The fourth-order valence-electron chi connectivity index (χ4n) is 3.92. The van der Waals surface area contributed by atoms with Gasteiger partial charge in [-0.2, -0.15) is 0 Å². The number of hydrogen-bond acceptors (Lipinski definition) is 7. The predicted octanol–water partition coefficient (Wildman–Crippen LogP) is 2.77. The van der Waals surface area contributed by atoms with Crippen LogP contribution in [0.4, 0.5) is 16.5 Å². The molecule has 0 spiro atoms. The van der Waals surface area contributed by atoms with Gasteiger partial charge in [-0.3, -0.25) is 4.79 Å². The molecule has 0 saturated carbocycles. The molecule has 7 nitrogen and oxygen atoms in total. The van der Waals surface area contributed by atoms with Crippen molar-refractivity contribution in [2.24, 2.45) is 5.92 Å². The van der Waals surface area contributed by atoms with E-state index < -0.39 is 0 Å². The number of carbonyl (C=O) groups is 1. The standard InChI is InChI=1S/C21H29N5O2S/c27-16-7-11-26(12-8-16)19-4-2-1-3-17(19)24-20(28)18-14-29-21(25-18)23-13-15-5-9-22-10-6-15/h1-4,14-16,22,27H,5-13H2,(H,23,25)(H,24,28). The van der Waals surface area contributed by atoms with Crippen LogP contribution in [-0.2, 0) is 0 Å². The summed E-state index contributed by atoms with van der Waals surface area (Å²) >= 11 is 1.47. The zero-order chi connectivity index (χ0) is 20.1. The summed E-state index contributed by atoms with van der Waals surface area (Å²) in [6, 6.07) is 7.83. The molecule has 0 radical (unpaired) electrons. The number of carbonyl (C=O) groups excluding carboxylic acids is 1. The Morgan fingerprint density at radius 1 is 1.21 bits per heavy atom. The molecule has 1 aromatic carbocycles. The molecule has 29 heavy (non-hydrogen) atoms. The molecule has 4 N–H and O–H groups in total. The van der Waals surface area contributed by atoms with Crippen LogP contribution in [0.2, 0.25) is 0 Å². The molecule has 1 amide bonds. The molecule has 2 aliphatic rings. The summed E-state index contributed by atoms with van der Waals surface area (Å²) in [5.74, 6) is 0.466. The number of piperidine rings is 2. The molecular formula is C21H29N5O2S. The minimum absolute atomic E-state index is 0.194. The highest BCUT2D eigenvalue weighted by atomic mass is 32.1. The van der Waals surface area contributed by atoms with Gasteiger partial charge in [-0.05, 0) is 56.8 Å². The molecule has 1 aromatic heterocycles. The second-order valence-electron chi connectivity index (χ2n) is 7.80. The smallest absolute Gasteiger partial charge is 0.275 e. The summed E-state index contributed by atoms with van der Waals surface area (Å²) in [6.07, 6.45) is 3.63. The van der Waals surface area contributed by atoms with Crippen molar-refractivity contribution in [1.82, 2.24) is 10.3 Å². The minimum atomic E-state index is -0.223. The molecule has 2 aliphatic heterocycles. The first-order valence-electron chi connectivity index (χ1n) is 10.4. The third-order valence-corrected chi connectivity index (χ3v) is 6.49. The van der Waals surface area contributed by atoms with Crippen LogP contribution in [-0.4, -0.2) is 54.8 Å². The van der Waals surface area contributed by atoms with Crippen molar-refractivity contribution in [2.75, 3.05) is 48.3 Å². The van der Waals surface area contributed by atoms with E-state index in [2.05, 4.69) is 25.8 Å². The topological polar surface area (TPSA) is 89.5 Å². The van der Waals surface area contributed by atoms with Gasteiger partial charge in [0.25, 0.3) is 5.91 Å². The Hall–Kier alpha value is -2.16. The summed E-state index contributed by atoms with van der Waals surface area (Å²) < 4.78 is 0. The monoisotopic (exact) mass is 415 g/mol. The van der Waals surface area contributed by atoms with E-state index in [1.165, 1.54) is 24.2 Å². The number of aromatic nitrogens is 1. The largest absolute Gasteiger partial charge is 0.393 e. The van der Waals surface area contributed by atoms with Crippen LogP contribution >= 0.6 is 11.3 Å². The first-order chi connectivity index (χ1) is 14.2. The van der Waals surface area contributed by atoms with Gasteiger partial charge in [-0.25, -0.2) is 4.98 Å². The van der Waals surface area contributed by atoms with Gasteiger partial charge >= 0.3 is 0 Å². The Labute approximate surface area is 175 Å². The van der Waals surface area contributed by atoms with Crippen molar-refractivity contribution in [3.05, 3.63) is 35.3 Å². The Morgan fingerprint density at radius 2 is 1.97 bits per heavy atom. The Kier molecular flexibility index (Phi) is 6.63. The number of amides is 1. The summed E-state index contributed by atoms with van der Waals surface area (Å²) in [6.45, 7) is 4.63. The van der Waals surface area contributed by atoms with Crippen LogP contribution in [0.25, 0.3) is 0 Å². The van der Waals surface area contributed by atoms with Crippen LogP contribution < -0.4 is 20.9 Å². The summed E-state index contributed by atoms with van der Waals surface area (Å²) in [4.78, 5) is 19.5. The summed E-state index contributed by atoms with van der Waals surface area (Å²) in [5, 5.41) is 22.1. The van der Waals surface area contributed by atoms with Gasteiger partial charge in [0.1, 0.15) is 5.69 Å². The van der Waals surface area contributed by atoms with E-state index in [1.54, 1.807) is 5.38 Å². The van der Waals surface area contributed by atoms with E-state index >= 15 is 0 Å². The molecule has 0 aliphatic carbocycles. The Morgan fingerprint density at radius 3 is 2.76 bits per heavy atom. The normalized spacial score (nSPS) is 18.6. The first-order valence-corrected chi connectivity index (χ1v) is 11.3. The van der Waals surface area contributed by atoms with Gasteiger partial charge in [0, 0.05) is 25.0 Å². The maximum Gasteiger partial charge on any atom is 0.275 e. The molecule has 0 unspecified atom stereocenters. The van der Waals surface area contributed by atoms with Gasteiger partial charge in [0.2, 0.25) is 0 Å². The zero-order valence-electron chi connectivity index (χ0n) is 16.6. The van der Waals surface area contributed by atoms with Crippen molar-refractivity contribution < 1.29 is 9.90 Å². The van der Waals surface area contributed by atoms with Crippen LogP contribution in [0.1, 0.15) is 36.2 Å². The molecule has 2 fully saturated rings.